The van der Waals surface area contributed by atoms with Crippen LogP contribution < -0.4 is 5.32 Å². The lowest BCUT2D eigenvalue weighted by Crippen LogP contribution is -2.35. The van der Waals surface area contributed by atoms with Crippen LogP contribution in [0.1, 0.15) is 30.6 Å². The fraction of sp³-hybridized carbons (Fsp3) is 0.429. The molecular weight excluding hydrogens is 294 g/mol. The summed E-state index contributed by atoms with van der Waals surface area (Å²) in [6.45, 7) is 3.30. The Morgan fingerprint density at radius 2 is 1.90 bits per heavy atom. The van der Waals surface area contributed by atoms with Crippen LogP contribution in [-0.4, -0.2) is 39.2 Å². The highest BCUT2D eigenvalue weighted by atomic mass is 32.2. The highest BCUT2D eigenvalue weighted by molar-refractivity contribution is 7.90. The normalized spacial score (nSPS) is 12.5. The standard InChI is InChI=1S/C14H19NO5S/c1-4-10(2)15-13(16)9-20-14(17)11-7-5-6-8-12(11)21(3,18)19/h5-8,10H,4,9H2,1-3H3,(H,15,16). The van der Waals surface area contributed by atoms with Gasteiger partial charge in [-0.1, -0.05) is 19.1 Å². The van der Waals surface area contributed by atoms with Gasteiger partial charge in [-0.05, 0) is 25.5 Å². The molecule has 116 valence electrons. The van der Waals surface area contributed by atoms with E-state index in [-0.39, 0.29) is 16.5 Å². The number of carbonyl (C=O) groups is 2. The third-order valence-corrected chi connectivity index (χ3v) is 4.02. The smallest absolute Gasteiger partial charge is 0.339 e. The topological polar surface area (TPSA) is 89.5 Å². The summed E-state index contributed by atoms with van der Waals surface area (Å²) in [4.78, 5) is 23.3. The zero-order chi connectivity index (χ0) is 16.0. The van der Waals surface area contributed by atoms with Crippen LogP contribution in [0.2, 0.25) is 0 Å². The number of esters is 1. The fourth-order valence-corrected chi connectivity index (χ4v) is 2.46. The number of benzene rings is 1. The molecule has 6 nitrogen and oxygen atoms in total. The molecule has 1 atom stereocenters. The van der Waals surface area contributed by atoms with Gasteiger partial charge in [-0.25, -0.2) is 13.2 Å². The largest absolute Gasteiger partial charge is 0.452 e. The maximum atomic E-state index is 11.9. The molecule has 21 heavy (non-hydrogen) atoms. The molecule has 0 saturated carbocycles. The summed E-state index contributed by atoms with van der Waals surface area (Å²) in [5.41, 5.74) is -0.0728. The van der Waals surface area contributed by atoms with Gasteiger partial charge in [0.15, 0.2) is 16.4 Å². The number of rotatable bonds is 6. The minimum atomic E-state index is -3.54. The van der Waals surface area contributed by atoms with Crippen LogP contribution in [0.5, 0.6) is 0 Å². The lowest BCUT2D eigenvalue weighted by molar-refractivity contribution is -0.124. The summed E-state index contributed by atoms with van der Waals surface area (Å²) < 4.78 is 28.0. The first-order valence-electron chi connectivity index (χ1n) is 6.51. The van der Waals surface area contributed by atoms with Crippen molar-refractivity contribution in [1.82, 2.24) is 5.32 Å². The Bertz CT molecular complexity index is 624. The van der Waals surface area contributed by atoms with E-state index in [1.165, 1.54) is 24.3 Å². The Kier molecular flexibility index (Phi) is 5.90. The fourth-order valence-electron chi connectivity index (χ4n) is 1.59. The van der Waals surface area contributed by atoms with E-state index in [4.69, 9.17) is 4.74 Å². The van der Waals surface area contributed by atoms with Gasteiger partial charge in [-0.15, -0.1) is 0 Å². The van der Waals surface area contributed by atoms with Gasteiger partial charge in [0, 0.05) is 12.3 Å². The highest BCUT2D eigenvalue weighted by Gasteiger charge is 2.20. The third kappa shape index (κ3) is 5.18. The van der Waals surface area contributed by atoms with Gasteiger partial charge in [0.05, 0.1) is 10.5 Å². The summed E-state index contributed by atoms with van der Waals surface area (Å²) in [5, 5.41) is 2.65. The second-order valence-corrected chi connectivity index (χ2v) is 6.71. The van der Waals surface area contributed by atoms with E-state index in [1.807, 2.05) is 13.8 Å². The number of sulfone groups is 1. The van der Waals surface area contributed by atoms with E-state index in [9.17, 15) is 18.0 Å². The zero-order valence-electron chi connectivity index (χ0n) is 12.3. The molecule has 1 N–H and O–H groups in total. The number of nitrogens with one attached hydrogen (secondary N) is 1. The number of hydrogen-bond acceptors (Lipinski definition) is 5. The summed E-state index contributed by atoms with van der Waals surface area (Å²) in [6, 6.07) is 5.71. The van der Waals surface area contributed by atoms with Crippen LogP contribution in [0.3, 0.4) is 0 Å². The van der Waals surface area contributed by atoms with Gasteiger partial charge in [-0.2, -0.15) is 0 Å². The van der Waals surface area contributed by atoms with E-state index in [0.29, 0.717) is 0 Å². The molecule has 7 heteroatoms. The predicted octanol–water partition coefficient (Wildman–Crippen LogP) is 1.16. The van der Waals surface area contributed by atoms with Crippen LogP contribution in [0.25, 0.3) is 0 Å². The van der Waals surface area contributed by atoms with E-state index in [2.05, 4.69) is 5.32 Å². The molecule has 0 aliphatic rings. The average Bonchev–Trinajstić information content (AvgIpc) is 2.43. The van der Waals surface area contributed by atoms with Crippen molar-refractivity contribution in [1.29, 1.82) is 0 Å². The van der Waals surface area contributed by atoms with Crippen molar-refractivity contribution in [2.24, 2.45) is 0 Å². The molecule has 1 unspecified atom stereocenters. The molecule has 0 radical (unpaired) electrons. The first kappa shape index (κ1) is 17.2. The lowest BCUT2D eigenvalue weighted by atomic mass is 10.2. The van der Waals surface area contributed by atoms with E-state index >= 15 is 0 Å². The van der Waals surface area contributed by atoms with Gasteiger partial charge in [0.25, 0.3) is 5.91 Å². The summed E-state index contributed by atoms with van der Waals surface area (Å²) in [7, 11) is -3.54. The van der Waals surface area contributed by atoms with Gasteiger partial charge in [0.1, 0.15) is 0 Å². The number of ether oxygens (including phenoxy) is 1. The lowest BCUT2D eigenvalue weighted by Gasteiger charge is -2.12. The van der Waals surface area contributed by atoms with Crippen molar-refractivity contribution >= 4 is 21.7 Å². The quantitative estimate of drug-likeness (QED) is 0.796. The Hall–Kier alpha value is -1.89. The van der Waals surface area contributed by atoms with Crippen molar-refractivity contribution in [2.75, 3.05) is 12.9 Å². The molecule has 0 aliphatic carbocycles. The van der Waals surface area contributed by atoms with Crippen LogP contribution in [0, 0.1) is 0 Å². The second kappa shape index (κ2) is 7.21. The minimum Gasteiger partial charge on any atom is -0.452 e. The predicted molar refractivity (Wildman–Crippen MR) is 77.7 cm³/mol. The highest BCUT2D eigenvalue weighted by Crippen LogP contribution is 2.16. The van der Waals surface area contributed by atoms with Crippen molar-refractivity contribution in [3.8, 4) is 0 Å². The second-order valence-electron chi connectivity index (χ2n) is 4.72. The van der Waals surface area contributed by atoms with Gasteiger partial charge < -0.3 is 10.1 Å². The summed E-state index contributed by atoms with van der Waals surface area (Å²) in [6.07, 6.45) is 1.77. The maximum absolute atomic E-state index is 11.9. The van der Waals surface area contributed by atoms with Gasteiger partial charge in [-0.3, -0.25) is 4.79 Å². The Morgan fingerprint density at radius 1 is 1.29 bits per heavy atom. The maximum Gasteiger partial charge on any atom is 0.339 e. The van der Waals surface area contributed by atoms with E-state index in [0.717, 1.165) is 12.7 Å². The molecule has 0 heterocycles. The number of amides is 1. The first-order chi connectivity index (χ1) is 9.75. The average molecular weight is 313 g/mol. The summed E-state index contributed by atoms with van der Waals surface area (Å²) in [5.74, 6) is -1.26. The molecular formula is C14H19NO5S. The molecule has 1 rings (SSSR count). The monoisotopic (exact) mass is 313 g/mol. The molecule has 0 bridgehead atoms. The number of carbonyl (C=O) groups excluding carboxylic acids is 2. The van der Waals surface area contributed by atoms with Crippen molar-refractivity contribution in [2.45, 2.75) is 31.2 Å². The first-order valence-corrected chi connectivity index (χ1v) is 8.40. The molecule has 1 aromatic carbocycles. The Labute approximate surface area is 124 Å². The summed E-state index contributed by atoms with van der Waals surface area (Å²) >= 11 is 0. The van der Waals surface area contributed by atoms with Crippen LogP contribution in [0.15, 0.2) is 29.2 Å². The molecule has 0 saturated heterocycles. The van der Waals surface area contributed by atoms with Crippen molar-refractivity contribution in [3.63, 3.8) is 0 Å². The minimum absolute atomic E-state index is 0.0143. The molecule has 0 fully saturated rings. The zero-order valence-corrected chi connectivity index (χ0v) is 13.1. The number of hydrogen-bond donors (Lipinski definition) is 1. The Morgan fingerprint density at radius 3 is 2.48 bits per heavy atom. The Balaban J connectivity index is 2.76. The van der Waals surface area contributed by atoms with Crippen LogP contribution in [0.4, 0.5) is 0 Å². The van der Waals surface area contributed by atoms with Gasteiger partial charge in [0.2, 0.25) is 0 Å². The van der Waals surface area contributed by atoms with Crippen molar-refractivity contribution < 1.29 is 22.7 Å². The third-order valence-electron chi connectivity index (χ3n) is 2.86. The van der Waals surface area contributed by atoms with E-state index < -0.39 is 28.3 Å². The van der Waals surface area contributed by atoms with Crippen LogP contribution >= 0.6 is 0 Å². The van der Waals surface area contributed by atoms with E-state index in [1.54, 1.807) is 0 Å². The molecule has 0 spiro atoms. The van der Waals surface area contributed by atoms with Crippen molar-refractivity contribution in [3.05, 3.63) is 29.8 Å². The van der Waals surface area contributed by atoms with Gasteiger partial charge >= 0.3 is 5.97 Å². The van der Waals surface area contributed by atoms with Crippen LogP contribution in [-0.2, 0) is 19.4 Å². The molecule has 1 amide bonds. The SMILES string of the molecule is CCC(C)NC(=O)COC(=O)c1ccccc1S(C)(=O)=O. The molecule has 0 aliphatic heterocycles. The molecule has 1 aromatic rings. The molecule has 0 aromatic heterocycles.